The molecular weight excluding hydrogens is 96.0 g/mol. The number of hydrogen-bond acceptors (Lipinski definition) is 3. The van der Waals surface area contributed by atoms with E-state index in [1.54, 1.807) is 6.07 Å². The summed E-state index contributed by atoms with van der Waals surface area (Å²) < 4.78 is 0. The van der Waals surface area contributed by atoms with Crippen LogP contribution in [0.3, 0.4) is 0 Å². The molecule has 0 rings (SSSR count). The lowest BCUT2D eigenvalue weighted by atomic mass is 10.8. The molecule has 0 bridgehead atoms. The van der Waals surface area contributed by atoms with Gasteiger partial charge < -0.3 is 10.8 Å². The molecule has 0 aliphatic heterocycles. The van der Waals surface area contributed by atoms with E-state index in [2.05, 4.69) is 5.73 Å². The average molecular weight is 102 g/mol. The molecule has 0 radical (unpaired) electrons. The summed E-state index contributed by atoms with van der Waals surface area (Å²) in [4.78, 5) is 8.36. The molecule has 0 aromatic heterocycles. The monoisotopic (exact) mass is 102 g/mol. The first-order valence-corrected chi connectivity index (χ1v) is 1.48. The van der Waals surface area contributed by atoms with Gasteiger partial charge in [0.25, 0.3) is 6.47 Å². The van der Waals surface area contributed by atoms with Gasteiger partial charge in [0.05, 0.1) is 12.6 Å². The Morgan fingerprint density at radius 3 is 2.14 bits per heavy atom. The van der Waals surface area contributed by atoms with Crippen molar-refractivity contribution in [3.05, 3.63) is 0 Å². The van der Waals surface area contributed by atoms with E-state index in [1.165, 1.54) is 0 Å². The SMILES string of the molecule is N#CCN.O=CO. The fourth-order valence-corrected chi connectivity index (χ4v) is 0. The first-order chi connectivity index (χ1) is 3.33. The first kappa shape index (κ1) is 9.33. The second-order valence-corrected chi connectivity index (χ2v) is 0.468. The van der Waals surface area contributed by atoms with Crippen LogP contribution in [0.1, 0.15) is 0 Å². The molecule has 0 aliphatic rings. The van der Waals surface area contributed by atoms with Crippen molar-refractivity contribution >= 4 is 6.47 Å². The smallest absolute Gasteiger partial charge is 0.290 e. The van der Waals surface area contributed by atoms with Gasteiger partial charge in [0.15, 0.2) is 0 Å². The molecule has 0 fully saturated rings. The van der Waals surface area contributed by atoms with Gasteiger partial charge >= 0.3 is 0 Å². The molecule has 0 aromatic rings. The lowest BCUT2D eigenvalue weighted by Gasteiger charge is -1.51. The molecule has 7 heavy (non-hydrogen) atoms. The lowest BCUT2D eigenvalue weighted by molar-refractivity contribution is -0.122. The van der Waals surface area contributed by atoms with Gasteiger partial charge in [-0.25, -0.2) is 0 Å². The van der Waals surface area contributed by atoms with Crippen molar-refractivity contribution in [2.75, 3.05) is 6.54 Å². The molecule has 4 nitrogen and oxygen atoms in total. The minimum atomic E-state index is -0.250. The van der Waals surface area contributed by atoms with Crippen LogP contribution in [0.2, 0.25) is 0 Å². The van der Waals surface area contributed by atoms with Crippen LogP contribution in [0.5, 0.6) is 0 Å². The number of nitriles is 1. The Kier molecular flexibility index (Phi) is 27.3. The van der Waals surface area contributed by atoms with Crippen molar-refractivity contribution in [1.82, 2.24) is 0 Å². The highest BCUT2D eigenvalue weighted by Crippen LogP contribution is 1.25. The zero-order valence-corrected chi connectivity index (χ0v) is 3.66. The summed E-state index contributed by atoms with van der Waals surface area (Å²) in [5, 5.41) is 14.4. The van der Waals surface area contributed by atoms with E-state index in [9.17, 15) is 0 Å². The molecule has 0 aliphatic carbocycles. The van der Waals surface area contributed by atoms with E-state index in [1.807, 2.05) is 0 Å². The van der Waals surface area contributed by atoms with Gasteiger partial charge in [0, 0.05) is 0 Å². The molecule has 0 spiro atoms. The Hall–Kier alpha value is -1.08. The van der Waals surface area contributed by atoms with Gasteiger partial charge in [-0.05, 0) is 0 Å². The summed E-state index contributed by atoms with van der Waals surface area (Å²) in [5.74, 6) is 0. The molecule has 0 atom stereocenters. The fraction of sp³-hybridized carbons (Fsp3) is 0.333. The molecular formula is C3H6N2O2. The van der Waals surface area contributed by atoms with E-state index in [0.29, 0.717) is 0 Å². The number of nitrogens with two attached hydrogens (primary N) is 1. The second kappa shape index (κ2) is 20.5. The van der Waals surface area contributed by atoms with Crippen LogP contribution in [0.15, 0.2) is 0 Å². The highest BCUT2D eigenvalue weighted by molar-refractivity contribution is 5.32. The quantitative estimate of drug-likeness (QED) is 0.308. The number of carbonyl (C=O) groups is 1. The van der Waals surface area contributed by atoms with E-state index < -0.39 is 0 Å². The number of carboxylic acid groups (broad SMARTS) is 1. The average Bonchev–Trinajstić information content (AvgIpc) is 1.69. The molecule has 3 N–H and O–H groups in total. The predicted molar refractivity (Wildman–Crippen MR) is 23.4 cm³/mol. The van der Waals surface area contributed by atoms with Gasteiger partial charge in [0.1, 0.15) is 0 Å². The van der Waals surface area contributed by atoms with Crippen LogP contribution in [-0.4, -0.2) is 18.1 Å². The third-order valence-electron chi connectivity index (χ3n) is 0.0913. The summed E-state index contributed by atoms with van der Waals surface area (Å²) in [7, 11) is 0. The molecule has 0 aromatic carbocycles. The topological polar surface area (TPSA) is 87.1 Å². The Balaban J connectivity index is 0. The van der Waals surface area contributed by atoms with Gasteiger partial charge in [-0.1, -0.05) is 0 Å². The third-order valence-corrected chi connectivity index (χ3v) is 0.0913. The zero-order chi connectivity index (χ0) is 6.12. The summed E-state index contributed by atoms with van der Waals surface area (Å²) >= 11 is 0. The Bertz CT molecular complexity index is 65.8. The molecule has 0 saturated heterocycles. The molecule has 40 valence electrons. The zero-order valence-electron chi connectivity index (χ0n) is 3.66. The van der Waals surface area contributed by atoms with Crippen LogP contribution < -0.4 is 5.73 Å². The molecule has 4 heteroatoms. The van der Waals surface area contributed by atoms with Crippen LogP contribution in [-0.2, 0) is 4.79 Å². The number of rotatable bonds is 0. The van der Waals surface area contributed by atoms with Crippen LogP contribution in [0, 0.1) is 11.3 Å². The second-order valence-electron chi connectivity index (χ2n) is 0.468. The Morgan fingerprint density at radius 1 is 2.00 bits per heavy atom. The van der Waals surface area contributed by atoms with E-state index in [0.717, 1.165) is 0 Å². The van der Waals surface area contributed by atoms with Gasteiger partial charge in [0.2, 0.25) is 0 Å². The maximum Gasteiger partial charge on any atom is 0.290 e. The van der Waals surface area contributed by atoms with Crippen LogP contribution >= 0.6 is 0 Å². The van der Waals surface area contributed by atoms with E-state index in [-0.39, 0.29) is 13.0 Å². The fourth-order valence-electron chi connectivity index (χ4n) is 0. The van der Waals surface area contributed by atoms with Crippen molar-refractivity contribution in [2.24, 2.45) is 5.73 Å². The summed E-state index contributed by atoms with van der Waals surface area (Å²) in [6.45, 7) is -0.125. The molecule has 0 heterocycles. The van der Waals surface area contributed by atoms with Gasteiger partial charge in [-0.3, -0.25) is 4.79 Å². The van der Waals surface area contributed by atoms with Crippen molar-refractivity contribution in [1.29, 1.82) is 5.26 Å². The van der Waals surface area contributed by atoms with Crippen molar-refractivity contribution in [3.8, 4) is 6.07 Å². The minimum absolute atomic E-state index is 0.125. The Labute approximate surface area is 41.2 Å². The van der Waals surface area contributed by atoms with Gasteiger partial charge in [-0.2, -0.15) is 5.26 Å². The maximum atomic E-state index is 8.36. The Morgan fingerprint density at radius 2 is 2.14 bits per heavy atom. The predicted octanol–water partition coefficient (Wildman–Crippen LogP) is -0.831. The van der Waals surface area contributed by atoms with Crippen molar-refractivity contribution in [3.63, 3.8) is 0 Å². The summed E-state index contributed by atoms with van der Waals surface area (Å²) in [6.07, 6.45) is 0. The van der Waals surface area contributed by atoms with Crippen LogP contribution in [0.25, 0.3) is 0 Å². The lowest BCUT2D eigenvalue weighted by Crippen LogP contribution is -1.91. The molecule has 0 amide bonds. The standard InChI is InChI=1S/C2H4N2.CH2O2/c3-1-2-4;2-1-3/h1,3H2;1H,(H,2,3). The minimum Gasteiger partial charge on any atom is -0.483 e. The first-order valence-electron chi connectivity index (χ1n) is 1.48. The molecule has 0 unspecified atom stereocenters. The maximum absolute atomic E-state index is 8.36. The number of hydrogen-bond donors (Lipinski definition) is 2. The van der Waals surface area contributed by atoms with E-state index in [4.69, 9.17) is 15.2 Å². The van der Waals surface area contributed by atoms with E-state index >= 15 is 0 Å². The highest BCUT2D eigenvalue weighted by Gasteiger charge is 1.48. The normalized spacial score (nSPS) is 4.57. The van der Waals surface area contributed by atoms with Crippen molar-refractivity contribution < 1.29 is 9.90 Å². The number of nitrogens with zero attached hydrogens (tertiary/aromatic N) is 1. The summed E-state index contributed by atoms with van der Waals surface area (Å²) in [6, 6.07) is 1.71. The van der Waals surface area contributed by atoms with Gasteiger partial charge in [-0.15, -0.1) is 0 Å². The largest absolute Gasteiger partial charge is 0.483 e. The highest BCUT2D eigenvalue weighted by atomic mass is 16.3. The summed E-state index contributed by atoms with van der Waals surface area (Å²) in [5.41, 5.74) is 4.67. The van der Waals surface area contributed by atoms with Crippen molar-refractivity contribution in [2.45, 2.75) is 0 Å². The third kappa shape index (κ3) is 6550. The van der Waals surface area contributed by atoms with Crippen LogP contribution in [0.4, 0.5) is 0 Å². The molecule has 0 saturated carbocycles.